The number of aromatic nitrogens is 7. The minimum Gasteiger partial charge on any atom is -0.388 e. The van der Waals surface area contributed by atoms with Crippen LogP contribution in [0, 0.1) is 24.4 Å². The number of rotatable bonds is 6. The van der Waals surface area contributed by atoms with Crippen molar-refractivity contribution < 1.29 is 32.5 Å². The second-order valence-corrected chi connectivity index (χ2v) is 13.7. The summed E-state index contributed by atoms with van der Waals surface area (Å²) in [7, 11) is 0. The summed E-state index contributed by atoms with van der Waals surface area (Å²) < 4.78 is 65.4. The summed E-state index contributed by atoms with van der Waals surface area (Å²) in [6, 6.07) is 16.0. The molecule has 6 aromatic rings. The third kappa shape index (κ3) is 5.41. The first-order chi connectivity index (χ1) is 23.8. The number of aryl methyl sites for hydroxylation is 1. The molecule has 15 heteroatoms. The largest absolute Gasteiger partial charge is 0.388 e. The van der Waals surface area contributed by atoms with Gasteiger partial charge < -0.3 is 19.3 Å². The van der Waals surface area contributed by atoms with E-state index in [0.29, 0.717) is 11.6 Å². The van der Waals surface area contributed by atoms with E-state index in [9.17, 15) is 18.3 Å². The quantitative estimate of drug-likeness (QED) is 0.214. The van der Waals surface area contributed by atoms with Gasteiger partial charge in [0.15, 0.2) is 35.4 Å². The summed E-state index contributed by atoms with van der Waals surface area (Å²) >= 11 is 1.57. The van der Waals surface area contributed by atoms with Crippen LogP contribution in [0.15, 0.2) is 66.9 Å². The highest BCUT2D eigenvalue weighted by atomic mass is 32.1. The van der Waals surface area contributed by atoms with E-state index in [1.165, 1.54) is 10.9 Å². The van der Waals surface area contributed by atoms with Crippen molar-refractivity contribution in [3.05, 3.63) is 107 Å². The van der Waals surface area contributed by atoms with Gasteiger partial charge in [0.25, 0.3) is 0 Å². The van der Waals surface area contributed by atoms with E-state index in [-0.39, 0.29) is 23.8 Å². The number of thiazole rings is 1. The summed E-state index contributed by atoms with van der Waals surface area (Å²) in [4.78, 5) is 9.50. The Kier molecular flexibility index (Phi) is 7.35. The van der Waals surface area contributed by atoms with Crippen LogP contribution in [0.25, 0.3) is 27.2 Å². The highest BCUT2D eigenvalue weighted by Gasteiger charge is 2.53. The minimum atomic E-state index is -1.58. The summed E-state index contributed by atoms with van der Waals surface area (Å²) in [5, 5.41) is 26.5. The van der Waals surface area contributed by atoms with Crippen molar-refractivity contribution in [3.8, 4) is 16.9 Å². The molecule has 3 aromatic heterocycles. The maximum Gasteiger partial charge on any atom is 0.194 e. The van der Waals surface area contributed by atoms with E-state index in [0.717, 1.165) is 51.4 Å². The number of halogens is 3. The van der Waals surface area contributed by atoms with Gasteiger partial charge in [-0.25, -0.2) is 32.5 Å². The molecule has 3 fully saturated rings. The fourth-order valence-electron chi connectivity index (χ4n) is 6.56. The molecule has 0 radical (unpaired) electrons. The zero-order valence-electron chi connectivity index (χ0n) is 25.9. The first-order valence-electron chi connectivity index (χ1n) is 15.9. The van der Waals surface area contributed by atoms with Crippen molar-refractivity contribution in [1.82, 2.24) is 34.7 Å². The summed E-state index contributed by atoms with van der Waals surface area (Å²) in [5.41, 5.74) is 2.44. The molecule has 1 unspecified atom stereocenters. The Hall–Kier alpha value is -4.54. The topological polar surface area (TPSA) is 122 Å². The lowest BCUT2D eigenvalue weighted by Crippen LogP contribution is -2.57. The number of nitrogens with zero attached hydrogens (tertiary/aromatic N) is 7. The van der Waals surface area contributed by atoms with E-state index in [4.69, 9.17) is 24.3 Å². The Labute approximate surface area is 280 Å². The van der Waals surface area contributed by atoms with E-state index >= 15 is 0 Å². The molecular formula is C34H28F3N7O4S. The second kappa shape index (κ2) is 11.8. The summed E-state index contributed by atoms with van der Waals surface area (Å²) in [6.45, 7) is 2.07. The molecule has 3 aliphatic rings. The SMILES string of the molecule is Cc1nc2ccc(-n3nc(C4CC4)nc3[C@@H]3O[C@@H]4COC(c5ccccc5)O[C@@H]4[C@H](n4cc(-c5cc(F)c(F)c(F)c5)nn4)[C@H]3O)cc2s1. The predicted octanol–water partition coefficient (Wildman–Crippen LogP) is 5.89. The Morgan fingerprint density at radius 2 is 1.76 bits per heavy atom. The molecule has 6 atom stereocenters. The lowest BCUT2D eigenvalue weighted by atomic mass is 9.91. The van der Waals surface area contributed by atoms with Crippen molar-refractivity contribution in [1.29, 1.82) is 0 Å². The molecule has 49 heavy (non-hydrogen) atoms. The molecule has 3 aromatic carbocycles. The molecule has 0 amide bonds. The maximum absolute atomic E-state index is 14.2. The Morgan fingerprint density at radius 3 is 2.53 bits per heavy atom. The van der Waals surface area contributed by atoms with Crippen LogP contribution in [0.4, 0.5) is 13.2 Å². The van der Waals surface area contributed by atoms with Crippen LogP contribution in [0.2, 0.25) is 0 Å². The van der Waals surface area contributed by atoms with Gasteiger partial charge in [-0.15, -0.1) is 16.4 Å². The number of hydrogen-bond acceptors (Lipinski definition) is 10. The smallest absolute Gasteiger partial charge is 0.194 e. The molecule has 1 aliphatic carbocycles. The van der Waals surface area contributed by atoms with Gasteiger partial charge in [0, 0.05) is 17.0 Å². The normalized spacial score (nSPS) is 25.5. The molecular weight excluding hydrogens is 659 g/mol. The zero-order chi connectivity index (χ0) is 33.4. The van der Waals surface area contributed by atoms with Crippen molar-refractivity contribution >= 4 is 21.6 Å². The Morgan fingerprint density at radius 1 is 0.959 bits per heavy atom. The van der Waals surface area contributed by atoms with Crippen LogP contribution in [0.3, 0.4) is 0 Å². The highest BCUT2D eigenvalue weighted by molar-refractivity contribution is 7.18. The molecule has 9 rings (SSSR count). The van der Waals surface area contributed by atoms with Gasteiger partial charge in [-0.2, -0.15) is 5.10 Å². The van der Waals surface area contributed by atoms with Gasteiger partial charge in [-0.1, -0.05) is 35.5 Å². The first-order valence-corrected chi connectivity index (χ1v) is 16.7. The highest BCUT2D eigenvalue weighted by Crippen LogP contribution is 2.45. The average molecular weight is 688 g/mol. The van der Waals surface area contributed by atoms with Gasteiger partial charge in [0.1, 0.15) is 36.2 Å². The first kappa shape index (κ1) is 30.5. The van der Waals surface area contributed by atoms with Crippen molar-refractivity contribution in [2.75, 3.05) is 6.61 Å². The van der Waals surface area contributed by atoms with Crippen LogP contribution in [0.5, 0.6) is 0 Å². The molecule has 2 aliphatic heterocycles. The van der Waals surface area contributed by atoms with Crippen LogP contribution in [0.1, 0.15) is 59.4 Å². The van der Waals surface area contributed by atoms with Crippen LogP contribution in [-0.2, 0) is 14.2 Å². The second-order valence-electron chi connectivity index (χ2n) is 12.5. The van der Waals surface area contributed by atoms with E-state index in [1.54, 1.807) is 16.0 Å². The fourth-order valence-corrected chi connectivity index (χ4v) is 7.42. The van der Waals surface area contributed by atoms with Crippen LogP contribution >= 0.6 is 11.3 Å². The number of benzene rings is 3. The maximum atomic E-state index is 14.2. The van der Waals surface area contributed by atoms with Crippen molar-refractivity contribution in [2.24, 2.45) is 0 Å². The number of ether oxygens (including phenoxy) is 3. The fraction of sp³-hybridized carbons (Fsp3) is 0.324. The van der Waals surface area contributed by atoms with Crippen molar-refractivity contribution in [3.63, 3.8) is 0 Å². The molecule has 0 bridgehead atoms. The predicted molar refractivity (Wildman–Crippen MR) is 169 cm³/mol. The van der Waals surface area contributed by atoms with E-state index in [2.05, 4.69) is 15.3 Å². The molecule has 2 saturated heterocycles. The number of aliphatic hydroxyl groups is 1. The van der Waals surface area contributed by atoms with Gasteiger partial charge in [0.05, 0.1) is 33.7 Å². The van der Waals surface area contributed by atoms with Gasteiger partial charge >= 0.3 is 0 Å². The van der Waals surface area contributed by atoms with Gasteiger partial charge in [-0.3, -0.25) is 0 Å². The summed E-state index contributed by atoms with van der Waals surface area (Å²) in [6.07, 6.45) is -1.20. The number of aliphatic hydroxyl groups excluding tert-OH is 1. The Balaban J connectivity index is 1.13. The van der Waals surface area contributed by atoms with Gasteiger partial charge in [0.2, 0.25) is 0 Å². The van der Waals surface area contributed by atoms with Crippen LogP contribution < -0.4 is 0 Å². The lowest BCUT2D eigenvalue weighted by molar-refractivity contribution is -0.319. The lowest BCUT2D eigenvalue weighted by Gasteiger charge is -2.47. The van der Waals surface area contributed by atoms with E-state index < -0.39 is 54.2 Å². The monoisotopic (exact) mass is 687 g/mol. The minimum absolute atomic E-state index is 0.0186. The molecule has 0 spiro atoms. The number of hydrogen-bond donors (Lipinski definition) is 1. The summed E-state index contributed by atoms with van der Waals surface area (Å²) in [5.74, 6) is -3.02. The third-order valence-electron chi connectivity index (χ3n) is 9.11. The van der Waals surface area contributed by atoms with Gasteiger partial charge in [-0.05, 0) is 50.1 Å². The third-order valence-corrected chi connectivity index (χ3v) is 10.0. The van der Waals surface area contributed by atoms with Crippen LogP contribution in [-0.4, -0.2) is 64.8 Å². The standard InChI is InChI=1S/C34H28F3N7O4S/c1-16-38-23-10-9-20(13-26(23)49-16)44-33(39-32(41-44)17-7-8-17)31-29(45)28(30-25(47-31)15-46-34(48-30)18-5-3-2-4-6-18)43-14-24(40-42-43)19-11-21(35)27(37)22(36)12-19/h2-6,9-14,17,25,28-31,34,45H,7-8,15H2,1H3/t25-,28-,29-,30+,31-,34?/m1/s1. The van der Waals surface area contributed by atoms with E-state index in [1.807, 2.05) is 55.5 Å². The zero-order valence-corrected chi connectivity index (χ0v) is 26.7. The molecule has 1 saturated carbocycles. The van der Waals surface area contributed by atoms with Crippen molar-refractivity contribution in [2.45, 2.75) is 62.4 Å². The molecule has 1 N–H and O–H groups in total. The Bertz CT molecular complexity index is 2170. The molecule has 5 heterocycles. The number of fused-ring (bicyclic) bond motifs is 2. The molecule has 11 nitrogen and oxygen atoms in total. The molecule has 250 valence electrons. The average Bonchev–Trinajstić information content (AvgIpc) is 3.49.